The van der Waals surface area contributed by atoms with Gasteiger partial charge in [0.05, 0.1) is 11.2 Å². The first-order chi connectivity index (χ1) is 12.5. The van der Waals surface area contributed by atoms with Crippen molar-refractivity contribution >= 4 is 31.6 Å². The van der Waals surface area contributed by atoms with Gasteiger partial charge < -0.3 is 5.32 Å². The largest absolute Gasteiger partial charge is 0.325 e. The molecule has 1 saturated heterocycles. The second-order valence-electron chi connectivity index (χ2n) is 6.59. The average Bonchev–Trinajstić information content (AvgIpc) is 3.07. The molecular formula is C17H27N3O5S2. The summed E-state index contributed by atoms with van der Waals surface area (Å²) in [5.74, 6) is -0.451. The third-order valence-corrected chi connectivity index (χ3v) is 8.19. The number of hydrogen-bond donors (Lipinski definition) is 1. The zero-order valence-electron chi connectivity index (χ0n) is 16.1. The van der Waals surface area contributed by atoms with Crippen molar-refractivity contribution in [1.29, 1.82) is 0 Å². The van der Waals surface area contributed by atoms with Gasteiger partial charge in [-0.25, -0.2) is 16.8 Å². The molecule has 152 valence electrons. The molecule has 1 N–H and O–H groups in total. The lowest BCUT2D eigenvalue weighted by Crippen LogP contribution is -2.42. The van der Waals surface area contributed by atoms with Crippen molar-refractivity contribution in [1.82, 2.24) is 8.61 Å². The molecule has 27 heavy (non-hydrogen) atoms. The lowest BCUT2D eigenvalue weighted by Gasteiger charge is -2.22. The average molecular weight is 418 g/mol. The van der Waals surface area contributed by atoms with Crippen molar-refractivity contribution in [2.24, 2.45) is 0 Å². The van der Waals surface area contributed by atoms with E-state index in [9.17, 15) is 21.6 Å². The van der Waals surface area contributed by atoms with Gasteiger partial charge in [-0.3, -0.25) is 4.79 Å². The standard InChI is InChI=1S/C17H27N3O5S2/c1-5-19(6-2)27(24,25)16-12-14(10-9-13(16)3)18-17(21)15-8-7-11-20(15)26(4,22)23/h9-10,12,15H,5-8,11H2,1-4H3,(H,18,21)/t15-/m0/s1. The molecule has 0 aromatic heterocycles. The third kappa shape index (κ3) is 4.68. The van der Waals surface area contributed by atoms with E-state index in [1.165, 1.54) is 14.7 Å². The van der Waals surface area contributed by atoms with Gasteiger partial charge in [-0.2, -0.15) is 8.61 Å². The van der Waals surface area contributed by atoms with Crippen LogP contribution in [0.3, 0.4) is 0 Å². The smallest absolute Gasteiger partial charge is 0.243 e. The summed E-state index contributed by atoms with van der Waals surface area (Å²) in [5, 5.41) is 2.67. The number of nitrogens with zero attached hydrogens (tertiary/aromatic N) is 2. The van der Waals surface area contributed by atoms with Crippen molar-refractivity contribution in [2.75, 3.05) is 31.2 Å². The van der Waals surface area contributed by atoms with Crippen LogP contribution >= 0.6 is 0 Å². The zero-order chi connectivity index (χ0) is 20.4. The third-order valence-electron chi connectivity index (χ3n) is 4.71. The van der Waals surface area contributed by atoms with E-state index < -0.39 is 32.0 Å². The van der Waals surface area contributed by atoms with E-state index in [-0.39, 0.29) is 4.90 Å². The summed E-state index contributed by atoms with van der Waals surface area (Å²) in [6.45, 7) is 6.24. The Morgan fingerprint density at radius 1 is 1.22 bits per heavy atom. The number of benzene rings is 1. The maximum Gasteiger partial charge on any atom is 0.243 e. The van der Waals surface area contributed by atoms with Gasteiger partial charge in [0.25, 0.3) is 0 Å². The summed E-state index contributed by atoms with van der Waals surface area (Å²) in [6, 6.07) is 3.91. The molecule has 0 radical (unpaired) electrons. The fourth-order valence-electron chi connectivity index (χ4n) is 3.28. The Labute approximate surface area is 161 Å². The monoisotopic (exact) mass is 417 g/mol. The molecule has 0 saturated carbocycles. The Kier molecular flexibility index (Phi) is 6.67. The molecule has 8 nitrogen and oxygen atoms in total. The highest BCUT2D eigenvalue weighted by molar-refractivity contribution is 7.89. The minimum Gasteiger partial charge on any atom is -0.325 e. The van der Waals surface area contributed by atoms with Crippen LogP contribution in [0.2, 0.25) is 0 Å². The number of carbonyl (C=O) groups is 1. The van der Waals surface area contributed by atoms with Gasteiger partial charge in [0, 0.05) is 25.3 Å². The quantitative estimate of drug-likeness (QED) is 0.722. The fourth-order valence-corrected chi connectivity index (χ4v) is 6.12. The zero-order valence-corrected chi connectivity index (χ0v) is 17.7. The number of nitrogens with one attached hydrogen (secondary N) is 1. The molecule has 2 rings (SSSR count). The van der Waals surface area contributed by atoms with Gasteiger partial charge in [-0.15, -0.1) is 0 Å². The molecule has 1 aliphatic heterocycles. The number of aryl methyl sites for hydroxylation is 1. The molecule has 1 fully saturated rings. The van der Waals surface area contributed by atoms with Crippen LogP contribution in [0.4, 0.5) is 5.69 Å². The first-order valence-electron chi connectivity index (χ1n) is 8.90. The van der Waals surface area contributed by atoms with Gasteiger partial charge in [0.1, 0.15) is 6.04 Å². The highest BCUT2D eigenvalue weighted by atomic mass is 32.2. The van der Waals surface area contributed by atoms with Crippen LogP contribution in [0.15, 0.2) is 23.1 Å². The summed E-state index contributed by atoms with van der Waals surface area (Å²) in [7, 11) is -7.14. The molecule has 0 spiro atoms. The Morgan fingerprint density at radius 2 is 1.85 bits per heavy atom. The summed E-state index contributed by atoms with van der Waals surface area (Å²) >= 11 is 0. The van der Waals surface area contributed by atoms with Crippen molar-refractivity contribution < 1.29 is 21.6 Å². The van der Waals surface area contributed by atoms with Gasteiger partial charge in [0.2, 0.25) is 26.0 Å². The van der Waals surface area contributed by atoms with E-state index in [2.05, 4.69) is 5.32 Å². The fraction of sp³-hybridized carbons (Fsp3) is 0.588. The number of anilines is 1. The Bertz CT molecular complexity index is 908. The SMILES string of the molecule is CCN(CC)S(=O)(=O)c1cc(NC(=O)[C@@H]2CCCN2S(C)(=O)=O)ccc1C. The van der Waals surface area contributed by atoms with Crippen LogP contribution < -0.4 is 5.32 Å². The van der Waals surface area contributed by atoms with Crippen molar-refractivity contribution in [3.8, 4) is 0 Å². The number of hydrogen-bond acceptors (Lipinski definition) is 5. The molecule has 1 heterocycles. The molecule has 1 aromatic carbocycles. The second kappa shape index (κ2) is 8.26. The maximum absolute atomic E-state index is 12.8. The molecule has 1 aromatic rings. The van der Waals surface area contributed by atoms with Gasteiger partial charge in [-0.1, -0.05) is 19.9 Å². The predicted molar refractivity (Wildman–Crippen MR) is 104 cm³/mol. The van der Waals surface area contributed by atoms with Gasteiger partial charge >= 0.3 is 0 Å². The highest BCUT2D eigenvalue weighted by Crippen LogP contribution is 2.25. The molecule has 1 aliphatic rings. The van der Waals surface area contributed by atoms with Crippen LogP contribution in [0, 0.1) is 6.92 Å². The van der Waals surface area contributed by atoms with Gasteiger partial charge in [0.15, 0.2) is 0 Å². The molecule has 1 amide bonds. The minimum absolute atomic E-state index is 0.135. The lowest BCUT2D eigenvalue weighted by atomic mass is 10.2. The van der Waals surface area contributed by atoms with E-state index in [0.717, 1.165) is 6.26 Å². The Hall–Kier alpha value is -1.49. The normalized spacial score (nSPS) is 18.8. The number of carbonyl (C=O) groups excluding carboxylic acids is 1. The Balaban J connectivity index is 2.30. The molecular weight excluding hydrogens is 390 g/mol. The number of rotatable bonds is 7. The Morgan fingerprint density at radius 3 is 2.41 bits per heavy atom. The number of amides is 1. The highest BCUT2D eigenvalue weighted by Gasteiger charge is 2.36. The summed E-state index contributed by atoms with van der Waals surface area (Å²) in [5.41, 5.74) is 0.912. The first kappa shape index (κ1) is 21.8. The van der Waals surface area contributed by atoms with Crippen LogP contribution in [0.5, 0.6) is 0 Å². The summed E-state index contributed by atoms with van der Waals surface area (Å²) < 4.78 is 51.8. The van der Waals surface area contributed by atoms with Crippen LogP contribution in [0.1, 0.15) is 32.3 Å². The van der Waals surface area contributed by atoms with E-state index in [1.54, 1.807) is 32.9 Å². The summed E-state index contributed by atoms with van der Waals surface area (Å²) in [6.07, 6.45) is 2.13. The lowest BCUT2D eigenvalue weighted by molar-refractivity contribution is -0.119. The van der Waals surface area contributed by atoms with Gasteiger partial charge in [-0.05, 0) is 37.5 Å². The van der Waals surface area contributed by atoms with E-state index in [4.69, 9.17) is 0 Å². The topological polar surface area (TPSA) is 104 Å². The van der Waals surface area contributed by atoms with Crippen LogP contribution in [-0.2, 0) is 24.8 Å². The number of sulfonamides is 2. The minimum atomic E-state index is -3.67. The second-order valence-corrected chi connectivity index (χ2v) is 10.4. The molecule has 0 aliphatic carbocycles. The van der Waals surface area contributed by atoms with Crippen molar-refractivity contribution in [3.63, 3.8) is 0 Å². The molecule has 0 bridgehead atoms. The van der Waals surface area contributed by atoms with E-state index in [1.807, 2.05) is 0 Å². The maximum atomic E-state index is 12.8. The van der Waals surface area contributed by atoms with Crippen LogP contribution in [0.25, 0.3) is 0 Å². The van der Waals surface area contributed by atoms with Crippen LogP contribution in [-0.4, -0.2) is 63.3 Å². The van der Waals surface area contributed by atoms with E-state index in [0.29, 0.717) is 43.7 Å². The summed E-state index contributed by atoms with van der Waals surface area (Å²) in [4.78, 5) is 12.7. The van der Waals surface area contributed by atoms with Crippen molar-refractivity contribution in [2.45, 2.75) is 44.6 Å². The predicted octanol–water partition coefficient (Wildman–Crippen LogP) is 1.39. The first-order valence-corrected chi connectivity index (χ1v) is 12.2. The van der Waals surface area contributed by atoms with Crippen molar-refractivity contribution in [3.05, 3.63) is 23.8 Å². The van der Waals surface area contributed by atoms with E-state index >= 15 is 0 Å². The molecule has 10 heteroatoms. The molecule has 0 unspecified atom stereocenters. The molecule has 1 atom stereocenters.